The molecule has 2 rings (SSSR count). The molecular formula is C47H78NO12PSi. The summed E-state index contributed by atoms with van der Waals surface area (Å²) in [6.07, 6.45) is 21.0. The van der Waals surface area contributed by atoms with E-state index in [9.17, 15) is 28.9 Å². The summed E-state index contributed by atoms with van der Waals surface area (Å²) < 4.78 is 48.0. The van der Waals surface area contributed by atoms with Crippen molar-refractivity contribution in [3.8, 4) is 0 Å². The number of hydrogen-bond donors (Lipinski definition) is 3. The second kappa shape index (κ2) is 27.3. The van der Waals surface area contributed by atoms with Gasteiger partial charge in [-0.2, -0.15) is 0 Å². The monoisotopic (exact) mass is 908 g/mol. The summed E-state index contributed by atoms with van der Waals surface area (Å²) in [5.74, 6) is -0.00417. The van der Waals surface area contributed by atoms with Crippen molar-refractivity contribution in [2.75, 3.05) is 19.8 Å². The molecule has 0 saturated heterocycles. The fourth-order valence-electron chi connectivity index (χ4n) is 6.98. The van der Waals surface area contributed by atoms with Crippen molar-refractivity contribution < 1.29 is 56.6 Å². The molecule has 1 unspecified atom stereocenters. The molecule has 0 spiro atoms. The van der Waals surface area contributed by atoms with Gasteiger partial charge in [0, 0.05) is 31.4 Å². The van der Waals surface area contributed by atoms with E-state index in [4.69, 9.17) is 27.7 Å². The lowest BCUT2D eigenvalue weighted by Gasteiger charge is -2.41. The second-order valence-electron chi connectivity index (χ2n) is 18.1. The minimum Gasteiger partial charge on any atom is -0.462 e. The summed E-state index contributed by atoms with van der Waals surface area (Å²) in [5.41, 5.74) is -2.06. The zero-order valence-corrected chi connectivity index (χ0v) is 40.7. The Morgan fingerprint density at radius 3 is 2.48 bits per heavy atom. The van der Waals surface area contributed by atoms with E-state index in [1.807, 2.05) is 25.2 Å². The normalized spacial score (nSPS) is 23.3. The van der Waals surface area contributed by atoms with Crippen molar-refractivity contribution in [3.63, 3.8) is 0 Å². The van der Waals surface area contributed by atoms with E-state index in [0.29, 0.717) is 18.8 Å². The first kappa shape index (κ1) is 55.0. The van der Waals surface area contributed by atoms with Crippen LogP contribution >= 0.6 is 7.82 Å². The van der Waals surface area contributed by atoms with Crippen LogP contribution in [0.4, 0.5) is 4.79 Å². The van der Waals surface area contributed by atoms with Crippen LogP contribution in [0.3, 0.4) is 0 Å². The second-order valence-corrected chi connectivity index (χ2v) is 24.3. The van der Waals surface area contributed by atoms with E-state index < -0.39 is 52.1 Å². The summed E-state index contributed by atoms with van der Waals surface area (Å²) >= 11 is 0. The first-order chi connectivity index (χ1) is 29.2. The van der Waals surface area contributed by atoms with Crippen molar-refractivity contribution in [2.45, 2.75) is 167 Å². The van der Waals surface area contributed by atoms with Gasteiger partial charge in [-0.05, 0) is 81.0 Å². The number of hydrogen-bond acceptors (Lipinski definition) is 11. The first-order valence-electron chi connectivity index (χ1n) is 22.5. The van der Waals surface area contributed by atoms with Crippen LogP contribution in [0, 0.1) is 17.8 Å². The number of unbranched alkanes of at least 4 members (excludes halogenated alkanes) is 1. The largest absolute Gasteiger partial charge is 0.472 e. The lowest BCUT2D eigenvalue weighted by molar-refractivity contribution is -0.151. The number of ether oxygens (including phenoxy) is 3. The molecule has 1 saturated carbocycles. The SMILES string of the molecule is C=CCOC(=O)NCC[C@@](O)(/C=C/[C@@H]1OC(=O)C=C[C@@H]1CC)[C@@H](C[C@H](/C=C\C=C/[C@@H]1CCC[C@H](OC(=O)CCCC[C@@H](C)CC)C1)O[Si](C)(C)C(C)(C)C)OP(=O)(O)OCC=C. The third kappa shape index (κ3) is 20.6. The number of allylic oxidation sites excluding steroid dienone is 3. The number of alkyl carbamates (subject to hydrolysis) is 1. The minimum atomic E-state index is -4.83. The van der Waals surface area contributed by atoms with Crippen molar-refractivity contribution in [1.29, 1.82) is 0 Å². The highest BCUT2D eigenvalue weighted by Gasteiger charge is 2.45. The molecule has 2 aliphatic rings. The number of phosphoric acid groups is 1. The number of amides is 1. The number of carbonyl (C=O) groups is 3. The maximum atomic E-state index is 13.5. The van der Waals surface area contributed by atoms with Gasteiger partial charge in [0.1, 0.15) is 30.5 Å². The number of cyclic esters (lactones) is 1. The minimum absolute atomic E-state index is 0.0319. The van der Waals surface area contributed by atoms with Crippen LogP contribution in [0.2, 0.25) is 18.1 Å². The van der Waals surface area contributed by atoms with Crippen LogP contribution in [0.15, 0.2) is 73.9 Å². The topological polar surface area (TPSA) is 176 Å². The number of aliphatic hydroxyl groups is 1. The van der Waals surface area contributed by atoms with Crippen molar-refractivity contribution in [2.24, 2.45) is 17.8 Å². The van der Waals surface area contributed by atoms with Gasteiger partial charge in [0.2, 0.25) is 0 Å². The molecule has 1 amide bonds. The summed E-state index contributed by atoms with van der Waals surface area (Å²) in [4.78, 5) is 48.3. The van der Waals surface area contributed by atoms with Crippen molar-refractivity contribution in [1.82, 2.24) is 5.32 Å². The van der Waals surface area contributed by atoms with Gasteiger partial charge in [0.25, 0.3) is 0 Å². The fraction of sp³-hybridized carbons (Fsp3) is 0.681. The van der Waals surface area contributed by atoms with Crippen molar-refractivity contribution in [3.05, 3.63) is 73.9 Å². The molecule has 3 N–H and O–H groups in total. The van der Waals surface area contributed by atoms with Gasteiger partial charge in [0.05, 0.1) is 12.7 Å². The average Bonchev–Trinajstić information content (AvgIpc) is 3.20. The summed E-state index contributed by atoms with van der Waals surface area (Å²) in [6, 6.07) is 0. The first-order valence-corrected chi connectivity index (χ1v) is 26.9. The van der Waals surface area contributed by atoms with E-state index in [1.165, 1.54) is 24.3 Å². The van der Waals surface area contributed by atoms with E-state index in [1.54, 1.807) is 12.2 Å². The van der Waals surface area contributed by atoms with Gasteiger partial charge >= 0.3 is 25.9 Å². The predicted octanol–water partition coefficient (Wildman–Crippen LogP) is 10.4. The van der Waals surface area contributed by atoms with Gasteiger partial charge in [-0.15, -0.1) is 6.58 Å². The molecule has 1 aliphatic carbocycles. The molecule has 1 heterocycles. The maximum Gasteiger partial charge on any atom is 0.472 e. The molecule has 352 valence electrons. The predicted molar refractivity (Wildman–Crippen MR) is 247 cm³/mol. The van der Waals surface area contributed by atoms with Gasteiger partial charge in [-0.1, -0.05) is 116 Å². The average molecular weight is 908 g/mol. The maximum absolute atomic E-state index is 13.5. The highest BCUT2D eigenvalue weighted by Crippen LogP contribution is 2.48. The number of nitrogens with one attached hydrogen (secondary N) is 1. The third-order valence-corrected chi connectivity index (χ3v) is 17.5. The Labute approximate surface area is 373 Å². The number of esters is 2. The zero-order valence-electron chi connectivity index (χ0n) is 38.8. The molecule has 15 heteroatoms. The molecule has 0 bridgehead atoms. The molecule has 13 nitrogen and oxygen atoms in total. The molecule has 1 aliphatic heterocycles. The molecular weight excluding hydrogens is 830 g/mol. The van der Waals surface area contributed by atoms with Crippen LogP contribution in [0.1, 0.15) is 119 Å². The van der Waals surface area contributed by atoms with E-state index in [0.717, 1.165) is 51.4 Å². The lowest BCUT2D eigenvalue weighted by atomic mass is 9.86. The molecule has 62 heavy (non-hydrogen) atoms. The van der Waals surface area contributed by atoms with E-state index in [2.05, 4.69) is 72.3 Å². The Morgan fingerprint density at radius 1 is 1.10 bits per heavy atom. The highest BCUT2D eigenvalue weighted by atomic mass is 31.2. The molecule has 0 aromatic rings. The Balaban J connectivity index is 2.48. The van der Waals surface area contributed by atoms with E-state index >= 15 is 0 Å². The van der Waals surface area contributed by atoms with Crippen LogP contribution < -0.4 is 5.32 Å². The van der Waals surface area contributed by atoms with Gasteiger partial charge in [0.15, 0.2) is 8.32 Å². The van der Waals surface area contributed by atoms with Crippen LogP contribution in [-0.4, -0.2) is 86.1 Å². The highest BCUT2D eigenvalue weighted by molar-refractivity contribution is 7.47. The summed E-state index contributed by atoms with van der Waals surface area (Å²) in [7, 11) is -7.37. The van der Waals surface area contributed by atoms with Crippen LogP contribution in [0.5, 0.6) is 0 Å². The van der Waals surface area contributed by atoms with Crippen molar-refractivity contribution >= 4 is 34.2 Å². The molecule has 0 radical (unpaired) electrons. The number of carbonyl (C=O) groups excluding carboxylic acids is 3. The van der Waals surface area contributed by atoms with Crippen LogP contribution in [-0.2, 0) is 41.8 Å². The Kier molecular flexibility index (Phi) is 24.2. The van der Waals surface area contributed by atoms with Gasteiger partial charge in [-0.25, -0.2) is 14.2 Å². The van der Waals surface area contributed by atoms with Gasteiger partial charge < -0.3 is 34.0 Å². The Morgan fingerprint density at radius 2 is 1.82 bits per heavy atom. The molecule has 9 atom stereocenters. The Hall–Kier alpha value is -3.10. The van der Waals surface area contributed by atoms with Crippen LogP contribution in [0.25, 0.3) is 0 Å². The Bertz CT molecular complexity index is 1590. The zero-order chi connectivity index (χ0) is 46.4. The summed E-state index contributed by atoms with van der Waals surface area (Å²) in [6.45, 7) is 23.5. The lowest BCUT2D eigenvalue weighted by Crippen LogP contribution is -2.49. The third-order valence-electron chi connectivity index (χ3n) is 12.0. The molecule has 0 aromatic carbocycles. The standard InChI is InChI=1S/C47H78NO12PSi/c1-11-32-55-45(51)48-31-30-47(52,29-28-41-38(14-4)26-27-44(50)58-41)42(59-61(53,54)56-33-12-2)35-40(60-62(9,10)46(6,7)8)23-17-16-21-37-22-19-24-39(34-37)57-43(49)25-18-15-20-36(5)13-3/h11-12,16-17,21,23,26-29,36-42,52H,1-2,13-15,18-20,22,24-25,30-35H2,3-10H3,(H,48,51)(H,53,54)/b21-16-,23-17-,29-28+/t36-,37+,38-,39-,40-,41-,42+,47-/m0/s1. The summed E-state index contributed by atoms with van der Waals surface area (Å²) in [5, 5.41) is 15.0. The molecule has 0 aromatic heterocycles. The molecule has 1 fully saturated rings. The number of phosphoric ester groups is 1. The fourth-order valence-corrected chi connectivity index (χ4v) is 9.21. The smallest absolute Gasteiger partial charge is 0.462 e. The van der Waals surface area contributed by atoms with Gasteiger partial charge in [-0.3, -0.25) is 13.8 Å². The number of rotatable bonds is 28. The quantitative estimate of drug-likeness (QED) is 0.0129. The van der Waals surface area contributed by atoms with E-state index in [-0.39, 0.29) is 61.5 Å².